The van der Waals surface area contributed by atoms with Crippen LogP contribution in [-0.2, 0) is 21.8 Å². The van der Waals surface area contributed by atoms with E-state index < -0.39 is 23.9 Å². The Kier molecular flexibility index (Phi) is 4.74. The number of carbonyl (C=O) groups is 1. The van der Waals surface area contributed by atoms with Crippen LogP contribution in [0.5, 0.6) is 0 Å². The summed E-state index contributed by atoms with van der Waals surface area (Å²) in [6, 6.07) is 1.18. The lowest BCUT2D eigenvalue weighted by molar-refractivity contribution is -0.139. The van der Waals surface area contributed by atoms with E-state index in [1.54, 1.807) is 0 Å². The number of carbonyl (C=O) groups excluding carboxylic acids is 1. The van der Waals surface area contributed by atoms with Gasteiger partial charge in [0.2, 0.25) is 5.95 Å². The molecule has 1 heterocycles. The topological polar surface area (TPSA) is 39.2 Å². The normalized spacial score (nSPS) is 10.7. The predicted molar refractivity (Wildman–Crippen MR) is 54.4 cm³/mol. The maximum Gasteiger partial charge on any atom is 0.311 e. The summed E-state index contributed by atoms with van der Waals surface area (Å²) in [6.45, 7) is 0. The minimum atomic E-state index is -3.00. The van der Waals surface area contributed by atoms with Crippen molar-refractivity contribution in [3.05, 3.63) is 28.8 Å². The average molecular weight is 268 g/mol. The SMILES string of the molecule is COC(=O)Cc1cc(CCl)c(C(F)F)c(F)n1. The van der Waals surface area contributed by atoms with E-state index >= 15 is 0 Å². The van der Waals surface area contributed by atoms with Gasteiger partial charge in [-0.05, 0) is 11.6 Å². The Hall–Kier alpha value is -1.30. The van der Waals surface area contributed by atoms with Gasteiger partial charge in [0.15, 0.2) is 0 Å². The molecule has 0 fully saturated rings. The van der Waals surface area contributed by atoms with Crippen LogP contribution in [0, 0.1) is 5.95 Å². The monoisotopic (exact) mass is 267 g/mol. The van der Waals surface area contributed by atoms with Crippen LogP contribution < -0.4 is 0 Å². The number of aromatic nitrogens is 1. The van der Waals surface area contributed by atoms with Gasteiger partial charge in [0.25, 0.3) is 6.43 Å². The number of methoxy groups -OCH3 is 1. The first-order valence-corrected chi connectivity index (χ1v) is 5.12. The van der Waals surface area contributed by atoms with Crippen LogP contribution in [0.4, 0.5) is 13.2 Å². The molecule has 0 radical (unpaired) electrons. The molecule has 0 amide bonds. The lowest BCUT2D eigenvalue weighted by Gasteiger charge is -2.09. The quantitative estimate of drug-likeness (QED) is 0.478. The summed E-state index contributed by atoms with van der Waals surface area (Å²) < 4.78 is 42.7. The molecule has 0 saturated carbocycles. The number of halogens is 4. The molecule has 7 heteroatoms. The molecule has 94 valence electrons. The summed E-state index contributed by atoms with van der Waals surface area (Å²) in [7, 11) is 1.16. The van der Waals surface area contributed by atoms with E-state index in [4.69, 9.17) is 11.6 Å². The van der Waals surface area contributed by atoms with Crippen LogP contribution in [0.2, 0.25) is 0 Å². The Morgan fingerprint density at radius 1 is 1.59 bits per heavy atom. The Labute approximate surface area is 101 Å². The Morgan fingerprint density at radius 2 is 2.24 bits per heavy atom. The fourth-order valence-corrected chi connectivity index (χ4v) is 1.50. The first-order valence-electron chi connectivity index (χ1n) is 4.58. The molecule has 0 aromatic carbocycles. The molecule has 3 nitrogen and oxygen atoms in total. The highest BCUT2D eigenvalue weighted by molar-refractivity contribution is 6.17. The van der Waals surface area contributed by atoms with Crippen molar-refractivity contribution >= 4 is 17.6 Å². The molecule has 0 aliphatic heterocycles. The van der Waals surface area contributed by atoms with Crippen LogP contribution in [0.15, 0.2) is 6.07 Å². The standard InChI is InChI=1S/C10H9ClF3NO2/c1-17-7(16)3-6-2-5(4-11)8(9(12)13)10(14)15-6/h2,9H,3-4H2,1H3. The number of ether oxygens (including phenoxy) is 1. The maximum absolute atomic E-state index is 13.3. The van der Waals surface area contributed by atoms with E-state index in [9.17, 15) is 18.0 Å². The zero-order valence-electron chi connectivity index (χ0n) is 8.84. The summed E-state index contributed by atoms with van der Waals surface area (Å²) in [6.07, 6.45) is -3.29. The van der Waals surface area contributed by atoms with Gasteiger partial charge in [0.1, 0.15) is 0 Å². The molecular formula is C10H9ClF3NO2. The smallest absolute Gasteiger partial charge is 0.311 e. The first kappa shape index (κ1) is 13.8. The predicted octanol–water partition coefficient (Wildman–Crippen LogP) is 2.61. The highest BCUT2D eigenvalue weighted by Crippen LogP contribution is 2.27. The van der Waals surface area contributed by atoms with E-state index in [0.717, 1.165) is 7.11 Å². The molecule has 0 spiro atoms. The lowest BCUT2D eigenvalue weighted by Crippen LogP contribution is -2.10. The maximum atomic E-state index is 13.3. The molecule has 0 unspecified atom stereocenters. The molecule has 1 rings (SSSR count). The number of hydrogen-bond donors (Lipinski definition) is 0. The second-order valence-electron chi connectivity index (χ2n) is 3.16. The largest absolute Gasteiger partial charge is 0.469 e. The van der Waals surface area contributed by atoms with Gasteiger partial charge < -0.3 is 4.74 Å². The molecule has 0 aliphatic carbocycles. The van der Waals surface area contributed by atoms with Gasteiger partial charge in [-0.2, -0.15) is 4.39 Å². The van der Waals surface area contributed by atoms with Crippen molar-refractivity contribution in [1.82, 2.24) is 4.98 Å². The Bertz CT molecular complexity index is 426. The number of pyridine rings is 1. The molecule has 0 aliphatic rings. The van der Waals surface area contributed by atoms with E-state index in [2.05, 4.69) is 9.72 Å². The molecule has 0 atom stereocenters. The fraction of sp³-hybridized carbons (Fsp3) is 0.400. The van der Waals surface area contributed by atoms with Gasteiger partial charge in [-0.1, -0.05) is 0 Å². The summed E-state index contributed by atoms with van der Waals surface area (Å²) in [5.74, 6) is -2.23. The summed E-state index contributed by atoms with van der Waals surface area (Å²) in [5.41, 5.74) is -0.893. The highest BCUT2D eigenvalue weighted by atomic mass is 35.5. The van der Waals surface area contributed by atoms with E-state index in [1.165, 1.54) is 6.07 Å². The molecule has 0 saturated heterocycles. The van der Waals surface area contributed by atoms with Gasteiger partial charge in [-0.3, -0.25) is 4.79 Å². The van der Waals surface area contributed by atoms with Gasteiger partial charge in [-0.15, -0.1) is 11.6 Å². The zero-order chi connectivity index (χ0) is 13.0. The van der Waals surface area contributed by atoms with Crippen molar-refractivity contribution in [3.63, 3.8) is 0 Å². The van der Waals surface area contributed by atoms with Crippen molar-refractivity contribution in [2.45, 2.75) is 18.7 Å². The summed E-state index contributed by atoms with van der Waals surface area (Å²) in [5, 5.41) is 0. The van der Waals surface area contributed by atoms with Crippen LogP contribution >= 0.6 is 11.6 Å². The molecule has 1 aromatic heterocycles. The first-order chi connectivity index (χ1) is 7.99. The van der Waals surface area contributed by atoms with Crippen molar-refractivity contribution in [3.8, 4) is 0 Å². The number of rotatable bonds is 4. The van der Waals surface area contributed by atoms with Gasteiger partial charge in [0.05, 0.1) is 24.8 Å². The number of alkyl halides is 3. The summed E-state index contributed by atoms with van der Waals surface area (Å²) >= 11 is 5.45. The molecule has 0 bridgehead atoms. The summed E-state index contributed by atoms with van der Waals surface area (Å²) in [4.78, 5) is 14.2. The fourth-order valence-electron chi connectivity index (χ4n) is 1.28. The third kappa shape index (κ3) is 3.33. The number of nitrogens with zero attached hydrogens (tertiary/aromatic N) is 1. The second-order valence-corrected chi connectivity index (χ2v) is 3.43. The van der Waals surface area contributed by atoms with Gasteiger partial charge in [-0.25, -0.2) is 13.8 Å². The average Bonchev–Trinajstić information content (AvgIpc) is 2.27. The van der Waals surface area contributed by atoms with Crippen LogP contribution in [0.3, 0.4) is 0 Å². The zero-order valence-corrected chi connectivity index (χ0v) is 9.60. The van der Waals surface area contributed by atoms with E-state index in [1.807, 2.05) is 0 Å². The van der Waals surface area contributed by atoms with Gasteiger partial charge in [0, 0.05) is 5.88 Å². The van der Waals surface area contributed by atoms with Crippen LogP contribution in [0.25, 0.3) is 0 Å². The Morgan fingerprint density at radius 3 is 2.71 bits per heavy atom. The van der Waals surface area contributed by atoms with Crippen LogP contribution in [0.1, 0.15) is 23.2 Å². The van der Waals surface area contributed by atoms with Crippen molar-refractivity contribution in [2.24, 2.45) is 0 Å². The third-order valence-electron chi connectivity index (χ3n) is 2.07. The highest BCUT2D eigenvalue weighted by Gasteiger charge is 2.21. The Balaban J connectivity index is 3.13. The minimum absolute atomic E-state index is 0.00870. The van der Waals surface area contributed by atoms with Crippen LogP contribution in [-0.4, -0.2) is 18.1 Å². The lowest BCUT2D eigenvalue weighted by atomic mass is 10.1. The molecule has 17 heavy (non-hydrogen) atoms. The van der Waals surface area contributed by atoms with Crippen molar-refractivity contribution in [2.75, 3.05) is 7.11 Å². The van der Waals surface area contributed by atoms with Gasteiger partial charge >= 0.3 is 5.97 Å². The second kappa shape index (κ2) is 5.86. The molecular weight excluding hydrogens is 259 g/mol. The van der Waals surface area contributed by atoms with Crippen molar-refractivity contribution < 1.29 is 22.7 Å². The van der Waals surface area contributed by atoms with Crippen molar-refractivity contribution in [1.29, 1.82) is 0 Å². The van der Waals surface area contributed by atoms with E-state index in [-0.39, 0.29) is 23.6 Å². The minimum Gasteiger partial charge on any atom is -0.469 e. The number of esters is 1. The molecule has 0 N–H and O–H groups in total. The third-order valence-corrected chi connectivity index (χ3v) is 2.35. The van der Waals surface area contributed by atoms with E-state index in [0.29, 0.717) is 0 Å². The number of hydrogen-bond acceptors (Lipinski definition) is 3. The molecule has 1 aromatic rings.